The van der Waals surface area contributed by atoms with Crippen molar-refractivity contribution in [3.8, 4) is 0 Å². The van der Waals surface area contributed by atoms with Crippen molar-refractivity contribution >= 4 is 11.6 Å². The van der Waals surface area contributed by atoms with Gasteiger partial charge in [-0.15, -0.1) is 0 Å². The van der Waals surface area contributed by atoms with E-state index in [0.29, 0.717) is 12.5 Å². The maximum absolute atomic E-state index is 12.0. The van der Waals surface area contributed by atoms with Gasteiger partial charge >= 0.3 is 0 Å². The molecule has 1 aromatic rings. The zero-order valence-corrected chi connectivity index (χ0v) is 12.3. The molecule has 1 amide bonds. The average Bonchev–Trinajstić information content (AvgIpc) is 2.48. The monoisotopic (exact) mass is 276 g/mol. The first kappa shape index (κ1) is 15.0. The van der Waals surface area contributed by atoms with Crippen LogP contribution in [0, 0.1) is 0 Å². The van der Waals surface area contributed by atoms with Crippen LogP contribution in [0.2, 0.25) is 0 Å². The second kappa shape index (κ2) is 7.41. The van der Waals surface area contributed by atoms with E-state index in [4.69, 9.17) is 4.74 Å². The molecule has 0 saturated carbocycles. The number of ether oxygens (including phenoxy) is 1. The predicted octanol–water partition coefficient (Wildman–Crippen LogP) is 2.86. The molecule has 0 bridgehead atoms. The normalized spacial score (nSPS) is 20.4. The largest absolute Gasteiger partial charge is 0.378 e. The van der Waals surface area contributed by atoms with Gasteiger partial charge in [-0.2, -0.15) is 0 Å². The molecule has 4 nitrogen and oxygen atoms in total. The van der Waals surface area contributed by atoms with Crippen LogP contribution in [0.1, 0.15) is 44.2 Å². The van der Waals surface area contributed by atoms with Gasteiger partial charge in [0.15, 0.2) is 0 Å². The van der Waals surface area contributed by atoms with Crippen LogP contribution in [0.4, 0.5) is 5.69 Å². The van der Waals surface area contributed by atoms with E-state index in [0.717, 1.165) is 31.6 Å². The lowest BCUT2D eigenvalue weighted by Gasteiger charge is -2.22. The Bertz CT molecular complexity index is 425. The summed E-state index contributed by atoms with van der Waals surface area (Å²) < 4.78 is 5.58. The lowest BCUT2D eigenvalue weighted by Crippen LogP contribution is -2.25. The summed E-state index contributed by atoms with van der Waals surface area (Å²) in [6.45, 7) is 2.89. The van der Waals surface area contributed by atoms with E-state index in [1.165, 1.54) is 5.56 Å². The molecule has 0 radical (unpaired) electrons. The van der Waals surface area contributed by atoms with Crippen LogP contribution in [-0.2, 0) is 9.53 Å². The number of hydrogen-bond acceptors (Lipinski definition) is 3. The number of benzene rings is 1. The number of carbonyl (C=O) groups is 1. The molecule has 0 spiro atoms. The third kappa shape index (κ3) is 4.32. The zero-order chi connectivity index (χ0) is 14.4. The van der Waals surface area contributed by atoms with E-state index in [1.54, 1.807) is 0 Å². The van der Waals surface area contributed by atoms with Gasteiger partial charge in [0.25, 0.3) is 0 Å². The molecule has 20 heavy (non-hydrogen) atoms. The van der Waals surface area contributed by atoms with Crippen molar-refractivity contribution in [1.29, 1.82) is 0 Å². The number of nitrogens with one attached hydrogen (secondary N) is 2. The first-order valence-corrected chi connectivity index (χ1v) is 7.37. The van der Waals surface area contributed by atoms with E-state index >= 15 is 0 Å². The van der Waals surface area contributed by atoms with Gasteiger partial charge in [-0.1, -0.05) is 12.1 Å². The van der Waals surface area contributed by atoms with Crippen LogP contribution in [0.15, 0.2) is 24.3 Å². The van der Waals surface area contributed by atoms with Gasteiger partial charge in [0, 0.05) is 18.3 Å². The molecule has 2 atom stereocenters. The Hall–Kier alpha value is -1.39. The van der Waals surface area contributed by atoms with Crippen molar-refractivity contribution < 1.29 is 9.53 Å². The molecule has 4 heteroatoms. The highest BCUT2D eigenvalue weighted by Crippen LogP contribution is 2.18. The van der Waals surface area contributed by atoms with Crippen molar-refractivity contribution in [3.63, 3.8) is 0 Å². The Morgan fingerprint density at radius 2 is 2.10 bits per heavy atom. The summed E-state index contributed by atoms with van der Waals surface area (Å²) in [4.78, 5) is 12.0. The van der Waals surface area contributed by atoms with E-state index in [2.05, 4.69) is 17.6 Å². The molecular formula is C16H24N2O2. The Labute approximate surface area is 120 Å². The van der Waals surface area contributed by atoms with E-state index in [9.17, 15) is 4.79 Å². The van der Waals surface area contributed by atoms with Crippen LogP contribution in [0.5, 0.6) is 0 Å². The number of carbonyl (C=O) groups excluding carboxylic acids is 1. The molecule has 1 fully saturated rings. The van der Waals surface area contributed by atoms with Crippen molar-refractivity contribution in [2.24, 2.45) is 0 Å². The summed E-state index contributed by atoms with van der Waals surface area (Å²) in [5.41, 5.74) is 2.05. The van der Waals surface area contributed by atoms with Gasteiger partial charge in [0.05, 0.1) is 12.5 Å². The molecule has 1 heterocycles. The minimum Gasteiger partial charge on any atom is -0.378 e. The molecule has 2 N–H and O–H groups in total. The zero-order valence-electron chi connectivity index (χ0n) is 12.3. The van der Waals surface area contributed by atoms with Crippen LogP contribution in [0.3, 0.4) is 0 Å². The minimum absolute atomic E-state index is 0.0336. The molecular weight excluding hydrogens is 252 g/mol. The molecule has 1 aromatic carbocycles. The molecule has 2 rings (SSSR count). The van der Waals surface area contributed by atoms with Crippen molar-refractivity contribution in [1.82, 2.24) is 5.32 Å². The summed E-state index contributed by atoms with van der Waals surface area (Å²) >= 11 is 0. The minimum atomic E-state index is 0.0336. The summed E-state index contributed by atoms with van der Waals surface area (Å²) in [6, 6.07) is 8.28. The fourth-order valence-corrected chi connectivity index (χ4v) is 2.41. The van der Waals surface area contributed by atoms with E-state index < -0.39 is 0 Å². The van der Waals surface area contributed by atoms with Crippen molar-refractivity contribution in [2.45, 2.75) is 44.8 Å². The highest BCUT2D eigenvalue weighted by Gasteiger charge is 2.17. The Morgan fingerprint density at radius 1 is 1.35 bits per heavy atom. The van der Waals surface area contributed by atoms with Crippen LogP contribution >= 0.6 is 0 Å². The maximum atomic E-state index is 12.0. The summed E-state index contributed by atoms with van der Waals surface area (Å²) in [5, 5.41) is 6.13. The average molecular weight is 276 g/mol. The van der Waals surface area contributed by atoms with Crippen molar-refractivity contribution in [3.05, 3.63) is 29.8 Å². The van der Waals surface area contributed by atoms with Gasteiger partial charge in [-0.3, -0.25) is 4.79 Å². The number of anilines is 1. The topological polar surface area (TPSA) is 50.4 Å². The predicted molar refractivity (Wildman–Crippen MR) is 80.8 cm³/mol. The van der Waals surface area contributed by atoms with E-state index in [1.807, 2.05) is 31.3 Å². The third-order valence-electron chi connectivity index (χ3n) is 3.81. The second-order valence-corrected chi connectivity index (χ2v) is 5.37. The van der Waals surface area contributed by atoms with Gasteiger partial charge in [0.2, 0.25) is 5.91 Å². The Balaban J connectivity index is 1.84. The fourth-order valence-electron chi connectivity index (χ4n) is 2.41. The second-order valence-electron chi connectivity index (χ2n) is 5.37. The molecule has 0 aromatic heterocycles. The Morgan fingerprint density at radius 3 is 2.70 bits per heavy atom. The quantitative estimate of drug-likeness (QED) is 0.869. The Kier molecular flexibility index (Phi) is 5.56. The SMILES string of the molecule is CNC(C)c1ccc(NC(=O)CC2CCCCO2)cc1. The number of hydrogen-bond donors (Lipinski definition) is 2. The molecule has 110 valence electrons. The molecule has 1 aliphatic rings. The van der Waals surface area contributed by atoms with E-state index in [-0.39, 0.29) is 12.0 Å². The number of rotatable bonds is 5. The van der Waals surface area contributed by atoms with Gasteiger partial charge in [-0.25, -0.2) is 0 Å². The molecule has 2 unspecified atom stereocenters. The lowest BCUT2D eigenvalue weighted by molar-refractivity contribution is -0.119. The smallest absolute Gasteiger partial charge is 0.226 e. The third-order valence-corrected chi connectivity index (χ3v) is 3.81. The lowest BCUT2D eigenvalue weighted by atomic mass is 10.1. The first-order valence-electron chi connectivity index (χ1n) is 7.37. The maximum Gasteiger partial charge on any atom is 0.226 e. The number of amides is 1. The van der Waals surface area contributed by atoms with Crippen LogP contribution in [-0.4, -0.2) is 25.7 Å². The van der Waals surface area contributed by atoms with Crippen LogP contribution in [0.25, 0.3) is 0 Å². The molecule has 0 aliphatic carbocycles. The summed E-state index contributed by atoms with van der Waals surface area (Å²) in [5.74, 6) is 0.0336. The van der Waals surface area contributed by atoms with Crippen LogP contribution < -0.4 is 10.6 Å². The fraction of sp³-hybridized carbons (Fsp3) is 0.562. The first-order chi connectivity index (χ1) is 9.69. The molecule has 1 saturated heterocycles. The van der Waals surface area contributed by atoms with Gasteiger partial charge in [-0.05, 0) is 50.9 Å². The van der Waals surface area contributed by atoms with Gasteiger partial charge < -0.3 is 15.4 Å². The standard InChI is InChI=1S/C16H24N2O2/c1-12(17-2)13-6-8-14(9-7-13)18-16(19)11-15-5-3-4-10-20-15/h6-9,12,15,17H,3-5,10-11H2,1-2H3,(H,18,19). The molecule has 1 aliphatic heterocycles. The highest BCUT2D eigenvalue weighted by molar-refractivity contribution is 5.91. The summed E-state index contributed by atoms with van der Waals surface area (Å²) in [7, 11) is 1.94. The van der Waals surface area contributed by atoms with Gasteiger partial charge in [0.1, 0.15) is 0 Å². The highest BCUT2D eigenvalue weighted by atomic mass is 16.5. The summed E-state index contributed by atoms with van der Waals surface area (Å²) in [6.07, 6.45) is 3.81. The van der Waals surface area contributed by atoms with Crippen molar-refractivity contribution in [2.75, 3.05) is 19.0 Å².